The van der Waals surface area contributed by atoms with Crippen LogP contribution in [0.3, 0.4) is 0 Å². The molecule has 1 aliphatic heterocycles. The zero-order chi connectivity index (χ0) is 18.7. The van der Waals surface area contributed by atoms with Gasteiger partial charge in [-0.2, -0.15) is 0 Å². The first-order chi connectivity index (χ1) is 13.8. The topological polar surface area (TPSA) is 52.3 Å². The molecular weight excluding hydrogens is 416 g/mol. The summed E-state index contributed by atoms with van der Waals surface area (Å²) in [5.41, 5.74) is 3.87. The molecule has 0 saturated carbocycles. The maximum atomic E-state index is 6.13. The van der Waals surface area contributed by atoms with Gasteiger partial charge < -0.3 is 4.74 Å². The summed E-state index contributed by atoms with van der Waals surface area (Å²) in [6.45, 7) is 0. The van der Waals surface area contributed by atoms with E-state index in [1.165, 1.54) is 10.8 Å². The highest BCUT2D eigenvalue weighted by Crippen LogP contribution is 2.40. The average molecular weight is 429 g/mol. The molecule has 3 heterocycles. The summed E-state index contributed by atoms with van der Waals surface area (Å²) >= 11 is 3.55. The van der Waals surface area contributed by atoms with Crippen molar-refractivity contribution in [1.29, 1.82) is 0 Å². The zero-order valence-corrected chi connectivity index (χ0v) is 16.2. The average Bonchev–Trinajstić information content (AvgIpc) is 3.17. The maximum Gasteiger partial charge on any atom is 0.228 e. The molecule has 0 radical (unpaired) electrons. The molecule has 5 aromatic rings. The van der Waals surface area contributed by atoms with Gasteiger partial charge in [0.1, 0.15) is 12.1 Å². The number of halogens is 1. The summed E-state index contributed by atoms with van der Waals surface area (Å²) in [6.07, 6.45) is 2.37. The maximum absolute atomic E-state index is 6.13. The molecule has 0 amide bonds. The molecule has 0 unspecified atom stereocenters. The third-order valence-electron chi connectivity index (χ3n) is 5.09. The monoisotopic (exact) mass is 428 g/mol. The third kappa shape index (κ3) is 2.34. The number of hydrogen-bond acceptors (Lipinski definition) is 4. The molecule has 5 nitrogen and oxygen atoms in total. The van der Waals surface area contributed by atoms with Gasteiger partial charge in [0.05, 0.1) is 5.56 Å². The standard InChI is InChI=1S/C22H13BrN4O/c23-15-7-8-16-14(10-15)6-9-19-17(16)11-18-21-25-20(13-4-2-1-3-5-13)26-27(21)12-24-22(18)28-19/h1-10,12H,11H2. The first-order valence-corrected chi connectivity index (χ1v) is 9.74. The van der Waals surface area contributed by atoms with Gasteiger partial charge in [-0.3, -0.25) is 0 Å². The van der Waals surface area contributed by atoms with Crippen LogP contribution in [0.2, 0.25) is 0 Å². The fraction of sp³-hybridized carbons (Fsp3) is 0.0455. The Morgan fingerprint density at radius 1 is 0.964 bits per heavy atom. The molecule has 134 valence electrons. The van der Waals surface area contributed by atoms with Crippen molar-refractivity contribution in [1.82, 2.24) is 19.6 Å². The quantitative estimate of drug-likeness (QED) is 0.351. The first-order valence-electron chi connectivity index (χ1n) is 8.95. The fourth-order valence-electron chi connectivity index (χ4n) is 3.75. The van der Waals surface area contributed by atoms with Gasteiger partial charge in [-0.25, -0.2) is 14.5 Å². The van der Waals surface area contributed by atoms with Crippen molar-refractivity contribution < 1.29 is 4.74 Å². The predicted molar refractivity (Wildman–Crippen MR) is 111 cm³/mol. The van der Waals surface area contributed by atoms with E-state index in [1.54, 1.807) is 10.8 Å². The lowest BCUT2D eigenvalue weighted by Gasteiger charge is -2.20. The molecule has 0 fully saturated rings. The Hall–Kier alpha value is -3.25. The molecule has 0 spiro atoms. The van der Waals surface area contributed by atoms with Gasteiger partial charge in [-0.05, 0) is 29.0 Å². The Labute approximate surface area is 168 Å². The van der Waals surface area contributed by atoms with Gasteiger partial charge >= 0.3 is 0 Å². The molecule has 28 heavy (non-hydrogen) atoms. The van der Waals surface area contributed by atoms with E-state index < -0.39 is 0 Å². The number of hydrogen-bond donors (Lipinski definition) is 0. The number of ether oxygens (including phenoxy) is 1. The second-order valence-electron chi connectivity index (χ2n) is 6.78. The zero-order valence-electron chi connectivity index (χ0n) is 14.6. The van der Waals surface area contributed by atoms with Crippen LogP contribution in [0, 0.1) is 0 Å². The van der Waals surface area contributed by atoms with Gasteiger partial charge in [-0.15, -0.1) is 5.10 Å². The molecule has 3 aromatic carbocycles. The lowest BCUT2D eigenvalue weighted by atomic mass is 9.96. The lowest BCUT2D eigenvalue weighted by Crippen LogP contribution is -2.08. The number of aromatic nitrogens is 4. The predicted octanol–water partition coefficient (Wildman–Crippen LogP) is 5.40. The summed E-state index contributed by atoms with van der Waals surface area (Å²) in [5, 5.41) is 6.95. The van der Waals surface area contributed by atoms with Crippen LogP contribution in [-0.4, -0.2) is 19.6 Å². The Bertz CT molecular complexity index is 1380. The van der Waals surface area contributed by atoms with E-state index in [0.717, 1.165) is 32.6 Å². The number of rotatable bonds is 1. The van der Waals surface area contributed by atoms with Crippen LogP contribution in [0.1, 0.15) is 11.1 Å². The fourth-order valence-corrected chi connectivity index (χ4v) is 4.13. The van der Waals surface area contributed by atoms with Crippen molar-refractivity contribution in [2.24, 2.45) is 0 Å². The van der Waals surface area contributed by atoms with E-state index in [1.807, 2.05) is 36.4 Å². The summed E-state index contributed by atoms with van der Waals surface area (Å²) in [6, 6.07) is 20.4. The summed E-state index contributed by atoms with van der Waals surface area (Å²) in [4.78, 5) is 9.27. The van der Waals surface area contributed by atoms with E-state index in [0.29, 0.717) is 18.1 Å². The van der Waals surface area contributed by atoms with Gasteiger partial charge in [0.15, 0.2) is 11.5 Å². The molecular formula is C22H13BrN4O. The van der Waals surface area contributed by atoms with Crippen LogP contribution >= 0.6 is 15.9 Å². The Morgan fingerprint density at radius 2 is 1.86 bits per heavy atom. The Morgan fingerprint density at radius 3 is 2.75 bits per heavy atom. The highest BCUT2D eigenvalue weighted by atomic mass is 79.9. The lowest BCUT2D eigenvalue weighted by molar-refractivity contribution is 0.440. The van der Waals surface area contributed by atoms with Crippen molar-refractivity contribution in [3.63, 3.8) is 0 Å². The van der Waals surface area contributed by atoms with E-state index in [4.69, 9.17) is 9.72 Å². The molecule has 6 rings (SSSR count). The molecule has 0 bridgehead atoms. The minimum atomic E-state index is 0.600. The van der Waals surface area contributed by atoms with E-state index in [2.05, 4.69) is 50.3 Å². The third-order valence-corrected chi connectivity index (χ3v) is 5.58. The van der Waals surface area contributed by atoms with Crippen LogP contribution in [0.5, 0.6) is 11.6 Å². The number of nitrogens with zero attached hydrogens (tertiary/aromatic N) is 4. The van der Waals surface area contributed by atoms with E-state index in [9.17, 15) is 0 Å². The van der Waals surface area contributed by atoms with Crippen molar-refractivity contribution in [3.8, 4) is 23.0 Å². The summed E-state index contributed by atoms with van der Waals surface area (Å²) in [5.74, 6) is 2.13. The molecule has 0 atom stereocenters. The van der Waals surface area contributed by atoms with Gasteiger partial charge in [0.25, 0.3) is 0 Å². The summed E-state index contributed by atoms with van der Waals surface area (Å²) < 4.78 is 8.93. The number of fused-ring (bicyclic) bond motifs is 6. The Kier molecular flexibility index (Phi) is 3.31. The summed E-state index contributed by atoms with van der Waals surface area (Å²) in [7, 11) is 0. The first kappa shape index (κ1) is 15.8. The second-order valence-corrected chi connectivity index (χ2v) is 7.70. The Balaban J connectivity index is 1.54. The minimum Gasteiger partial charge on any atom is -0.438 e. The molecule has 1 aliphatic rings. The SMILES string of the molecule is Brc1ccc2c3c(ccc2c1)Oc1ncn2nc(-c4ccccc4)nc2c1C3. The van der Waals surface area contributed by atoms with Crippen molar-refractivity contribution >= 4 is 32.3 Å². The number of benzene rings is 3. The highest BCUT2D eigenvalue weighted by Gasteiger charge is 2.24. The van der Waals surface area contributed by atoms with Gasteiger partial charge in [0, 0.05) is 22.0 Å². The van der Waals surface area contributed by atoms with Crippen molar-refractivity contribution in [2.75, 3.05) is 0 Å². The van der Waals surface area contributed by atoms with Crippen LogP contribution in [-0.2, 0) is 6.42 Å². The van der Waals surface area contributed by atoms with Gasteiger partial charge in [-0.1, -0.05) is 58.4 Å². The molecule has 0 saturated heterocycles. The highest BCUT2D eigenvalue weighted by molar-refractivity contribution is 9.10. The van der Waals surface area contributed by atoms with E-state index in [-0.39, 0.29) is 0 Å². The molecule has 0 N–H and O–H groups in total. The minimum absolute atomic E-state index is 0.600. The largest absolute Gasteiger partial charge is 0.438 e. The molecule has 2 aromatic heterocycles. The molecule has 0 aliphatic carbocycles. The smallest absolute Gasteiger partial charge is 0.228 e. The van der Waals surface area contributed by atoms with Crippen LogP contribution in [0.25, 0.3) is 27.8 Å². The van der Waals surface area contributed by atoms with Crippen LogP contribution < -0.4 is 4.74 Å². The van der Waals surface area contributed by atoms with Crippen molar-refractivity contribution in [3.05, 3.63) is 82.6 Å². The van der Waals surface area contributed by atoms with E-state index >= 15 is 0 Å². The molecule has 6 heteroatoms. The van der Waals surface area contributed by atoms with Crippen LogP contribution in [0.4, 0.5) is 0 Å². The van der Waals surface area contributed by atoms with Crippen LogP contribution in [0.15, 0.2) is 71.5 Å². The van der Waals surface area contributed by atoms with Crippen molar-refractivity contribution in [2.45, 2.75) is 6.42 Å². The van der Waals surface area contributed by atoms with Gasteiger partial charge in [0.2, 0.25) is 5.88 Å². The second kappa shape index (κ2) is 5.87. The normalized spacial score (nSPS) is 12.6.